The minimum atomic E-state index is -1.09. The number of ether oxygens (including phenoxy) is 3. The zero-order valence-electron chi connectivity index (χ0n) is 17.6. The van der Waals surface area contributed by atoms with Gasteiger partial charge < -0.3 is 24.6 Å². The van der Waals surface area contributed by atoms with E-state index >= 15 is 0 Å². The number of thioether (sulfide) groups is 1. The van der Waals surface area contributed by atoms with Gasteiger partial charge in [0, 0.05) is 6.07 Å². The summed E-state index contributed by atoms with van der Waals surface area (Å²) >= 11 is 1.50. The van der Waals surface area contributed by atoms with Gasteiger partial charge in [0.05, 0.1) is 12.7 Å². The number of hydrogen-bond acceptors (Lipinski definition) is 7. The standard InChI is InChI=1S/C23H23NO7S/c1-29-15-5-3-14(4-6-15)11-20-22(26)17-8-7-16(12-19(17)31-20)30-13-21(25)24-18(23(27)28)9-10-32-2/h3-8,11-12,18H,9-10,13H2,1-2H3,(H,24,25)(H,27,28). The first-order chi connectivity index (χ1) is 15.4. The molecule has 168 valence electrons. The second kappa shape index (κ2) is 10.7. The Morgan fingerprint density at radius 3 is 2.56 bits per heavy atom. The Kier molecular flexibility index (Phi) is 7.77. The summed E-state index contributed by atoms with van der Waals surface area (Å²) in [7, 11) is 1.58. The van der Waals surface area contributed by atoms with Gasteiger partial charge in [-0.05, 0) is 54.3 Å². The number of carboxylic acid groups (broad SMARTS) is 1. The highest BCUT2D eigenvalue weighted by Gasteiger charge is 2.28. The molecule has 3 rings (SSSR count). The highest BCUT2D eigenvalue weighted by Crippen LogP contribution is 2.35. The molecule has 8 nitrogen and oxygen atoms in total. The van der Waals surface area contributed by atoms with Gasteiger partial charge in [-0.1, -0.05) is 12.1 Å². The first-order valence-corrected chi connectivity index (χ1v) is 11.2. The fourth-order valence-electron chi connectivity index (χ4n) is 2.99. The quantitative estimate of drug-likeness (QED) is 0.524. The molecule has 32 heavy (non-hydrogen) atoms. The van der Waals surface area contributed by atoms with E-state index in [1.165, 1.54) is 17.8 Å². The second-order valence-electron chi connectivity index (χ2n) is 6.90. The lowest BCUT2D eigenvalue weighted by atomic mass is 10.1. The number of fused-ring (bicyclic) bond motifs is 1. The lowest BCUT2D eigenvalue weighted by Gasteiger charge is -2.14. The zero-order chi connectivity index (χ0) is 23.1. The summed E-state index contributed by atoms with van der Waals surface area (Å²) in [5.41, 5.74) is 1.18. The number of amides is 1. The lowest BCUT2D eigenvalue weighted by Crippen LogP contribution is -2.43. The number of Topliss-reactive ketones (excluding diaryl/α,β-unsaturated/α-hetero) is 1. The summed E-state index contributed by atoms with van der Waals surface area (Å²) in [4.78, 5) is 35.9. The van der Waals surface area contributed by atoms with E-state index in [0.717, 1.165) is 5.56 Å². The van der Waals surface area contributed by atoms with E-state index in [0.29, 0.717) is 35.0 Å². The maximum atomic E-state index is 12.6. The maximum Gasteiger partial charge on any atom is 0.326 e. The summed E-state index contributed by atoms with van der Waals surface area (Å²) in [6.45, 7) is -0.357. The third kappa shape index (κ3) is 5.82. The van der Waals surface area contributed by atoms with Crippen LogP contribution in [0.2, 0.25) is 0 Å². The molecule has 2 aromatic rings. The number of carbonyl (C=O) groups is 3. The zero-order valence-corrected chi connectivity index (χ0v) is 18.4. The molecule has 0 saturated heterocycles. The summed E-state index contributed by atoms with van der Waals surface area (Å²) < 4.78 is 16.3. The average Bonchev–Trinajstić information content (AvgIpc) is 3.10. The van der Waals surface area contributed by atoms with Crippen LogP contribution in [0.3, 0.4) is 0 Å². The second-order valence-corrected chi connectivity index (χ2v) is 7.88. The van der Waals surface area contributed by atoms with Crippen molar-refractivity contribution >= 4 is 35.5 Å². The smallest absolute Gasteiger partial charge is 0.326 e. The van der Waals surface area contributed by atoms with Gasteiger partial charge in [-0.15, -0.1) is 0 Å². The molecule has 0 fully saturated rings. The number of rotatable bonds is 10. The third-order valence-electron chi connectivity index (χ3n) is 4.67. The van der Waals surface area contributed by atoms with Crippen LogP contribution in [0.5, 0.6) is 17.2 Å². The van der Waals surface area contributed by atoms with Crippen LogP contribution in [0.25, 0.3) is 6.08 Å². The van der Waals surface area contributed by atoms with Gasteiger partial charge >= 0.3 is 5.97 Å². The van der Waals surface area contributed by atoms with E-state index in [2.05, 4.69) is 5.32 Å². The van der Waals surface area contributed by atoms with Crippen LogP contribution in [-0.4, -0.2) is 54.5 Å². The minimum absolute atomic E-state index is 0.179. The molecule has 1 amide bonds. The molecule has 0 aromatic heterocycles. The van der Waals surface area contributed by atoms with Crippen LogP contribution in [0.15, 0.2) is 48.2 Å². The minimum Gasteiger partial charge on any atom is -0.497 e. The highest BCUT2D eigenvalue weighted by atomic mass is 32.2. The number of benzene rings is 2. The predicted octanol–water partition coefficient (Wildman–Crippen LogP) is 3.01. The number of allylic oxidation sites excluding steroid dienone is 1. The number of aliphatic carboxylic acids is 1. The number of hydrogen-bond donors (Lipinski definition) is 2. The van der Waals surface area contributed by atoms with Gasteiger partial charge in [0.1, 0.15) is 23.3 Å². The molecule has 1 atom stereocenters. The molecule has 0 bridgehead atoms. The molecular weight excluding hydrogens is 434 g/mol. The number of carbonyl (C=O) groups excluding carboxylic acids is 2. The molecule has 1 unspecified atom stereocenters. The van der Waals surface area contributed by atoms with E-state index in [9.17, 15) is 19.5 Å². The van der Waals surface area contributed by atoms with Gasteiger partial charge in [0.2, 0.25) is 5.78 Å². The average molecular weight is 458 g/mol. The number of methoxy groups -OCH3 is 1. The Labute approximate surface area is 189 Å². The van der Waals surface area contributed by atoms with Crippen molar-refractivity contribution in [2.75, 3.05) is 25.7 Å². The van der Waals surface area contributed by atoms with Crippen molar-refractivity contribution < 1.29 is 33.7 Å². The molecule has 0 saturated carbocycles. The highest BCUT2D eigenvalue weighted by molar-refractivity contribution is 7.98. The SMILES string of the molecule is COc1ccc(C=C2Oc3cc(OCC(=O)NC(CCSC)C(=O)O)ccc3C2=O)cc1. The van der Waals surface area contributed by atoms with Gasteiger partial charge in [-0.3, -0.25) is 9.59 Å². The van der Waals surface area contributed by atoms with Crippen molar-refractivity contribution in [3.63, 3.8) is 0 Å². The number of carboxylic acids is 1. The van der Waals surface area contributed by atoms with Crippen LogP contribution in [-0.2, 0) is 9.59 Å². The van der Waals surface area contributed by atoms with E-state index in [1.807, 2.05) is 18.4 Å². The Balaban J connectivity index is 1.62. The third-order valence-corrected chi connectivity index (χ3v) is 5.31. The summed E-state index contributed by atoms with van der Waals surface area (Å²) in [5, 5.41) is 11.6. The Hall–Kier alpha value is -3.46. The van der Waals surface area contributed by atoms with Crippen molar-refractivity contribution in [1.82, 2.24) is 5.32 Å². The van der Waals surface area contributed by atoms with Crippen molar-refractivity contribution in [1.29, 1.82) is 0 Å². The summed E-state index contributed by atoms with van der Waals surface area (Å²) in [6, 6.07) is 10.9. The van der Waals surface area contributed by atoms with E-state index in [1.54, 1.807) is 37.5 Å². The molecule has 9 heteroatoms. The molecule has 0 spiro atoms. The van der Waals surface area contributed by atoms with Gasteiger partial charge in [-0.2, -0.15) is 11.8 Å². The van der Waals surface area contributed by atoms with Gasteiger partial charge in [-0.25, -0.2) is 4.79 Å². The molecule has 0 aliphatic carbocycles. The largest absolute Gasteiger partial charge is 0.497 e. The van der Waals surface area contributed by atoms with Crippen LogP contribution >= 0.6 is 11.8 Å². The van der Waals surface area contributed by atoms with Crippen molar-refractivity contribution in [2.24, 2.45) is 0 Å². The Morgan fingerprint density at radius 2 is 1.91 bits per heavy atom. The van der Waals surface area contributed by atoms with Crippen LogP contribution < -0.4 is 19.5 Å². The van der Waals surface area contributed by atoms with E-state index in [4.69, 9.17) is 14.2 Å². The molecular formula is C23H23NO7S. The topological polar surface area (TPSA) is 111 Å². The number of nitrogens with one attached hydrogen (secondary N) is 1. The summed E-state index contributed by atoms with van der Waals surface area (Å²) in [6.07, 6.45) is 3.82. The predicted molar refractivity (Wildman–Crippen MR) is 120 cm³/mol. The fraction of sp³-hybridized carbons (Fsp3) is 0.261. The molecule has 1 aliphatic rings. The van der Waals surface area contributed by atoms with Crippen molar-refractivity contribution in [3.8, 4) is 17.2 Å². The normalized spacial score (nSPS) is 14.4. The Morgan fingerprint density at radius 1 is 1.19 bits per heavy atom. The molecule has 2 aromatic carbocycles. The first kappa shape index (κ1) is 23.2. The van der Waals surface area contributed by atoms with Crippen LogP contribution in [0.4, 0.5) is 0 Å². The van der Waals surface area contributed by atoms with Crippen LogP contribution in [0.1, 0.15) is 22.3 Å². The first-order valence-electron chi connectivity index (χ1n) is 9.77. The van der Waals surface area contributed by atoms with Gasteiger partial charge in [0.25, 0.3) is 5.91 Å². The molecule has 0 radical (unpaired) electrons. The molecule has 2 N–H and O–H groups in total. The molecule has 1 heterocycles. The summed E-state index contributed by atoms with van der Waals surface area (Å²) in [5.74, 6) is 0.268. The number of ketones is 1. The molecule has 1 aliphatic heterocycles. The maximum absolute atomic E-state index is 12.6. The Bertz CT molecular complexity index is 1030. The van der Waals surface area contributed by atoms with E-state index < -0.39 is 17.9 Å². The van der Waals surface area contributed by atoms with Gasteiger partial charge in [0.15, 0.2) is 12.4 Å². The van der Waals surface area contributed by atoms with Crippen molar-refractivity contribution in [2.45, 2.75) is 12.5 Å². The monoisotopic (exact) mass is 457 g/mol. The van der Waals surface area contributed by atoms with E-state index in [-0.39, 0.29) is 18.1 Å². The fourth-order valence-corrected chi connectivity index (χ4v) is 3.46. The van der Waals surface area contributed by atoms with Crippen molar-refractivity contribution in [3.05, 3.63) is 59.4 Å². The van der Waals surface area contributed by atoms with Crippen LogP contribution in [0, 0.1) is 0 Å². The lowest BCUT2D eigenvalue weighted by molar-refractivity contribution is -0.142.